The first-order valence-corrected chi connectivity index (χ1v) is 11.1. The van der Waals surface area contributed by atoms with Crippen LogP contribution in [0.4, 0.5) is 0 Å². The van der Waals surface area contributed by atoms with E-state index in [1.165, 1.54) is 31.4 Å². The summed E-state index contributed by atoms with van der Waals surface area (Å²) >= 11 is 2.45. The second-order valence-electron chi connectivity index (χ2n) is 7.92. The smallest absolute Gasteiger partial charge is 0.123 e. The molecular weight excluding hydrogens is 471 g/mol. The topological polar surface area (TPSA) is 18.5 Å². The van der Waals surface area contributed by atoms with E-state index < -0.39 is 0 Å². The third-order valence-electron chi connectivity index (χ3n) is 5.27. The maximum Gasteiger partial charge on any atom is 0.123 e. The van der Waals surface area contributed by atoms with Gasteiger partial charge < -0.3 is 9.47 Å². The zero-order valence-electron chi connectivity index (χ0n) is 18.0. The molecule has 3 aromatic carbocycles. The molecular formula is C26H29IO2. The van der Waals surface area contributed by atoms with Crippen LogP contribution in [0.25, 0.3) is 22.3 Å². The van der Waals surface area contributed by atoms with E-state index in [-0.39, 0.29) is 0 Å². The van der Waals surface area contributed by atoms with Gasteiger partial charge in [0, 0.05) is 9.64 Å². The summed E-state index contributed by atoms with van der Waals surface area (Å²) in [5.41, 5.74) is 7.74. The summed E-state index contributed by atoms with van der Waals surface area (Å²) in [5.74, 6) is 2.42. The molecule has 0 aliphatic heterocycles. The predicted molar refractivity (Wildman–Crippen MR) is 131 cm³/mol. The van der Waals surface area contributed by atoms with Crippen LogP contribution < -0.4 is 9.47 Å². The lowest BCUT2D eigenvalue weighted by Gasteiger charge is -2.23. The van der Waals surface area contributed by atoms with Gasteiger partial charge in [-0.3, -0.25) is 0 Å². The fourth-order valence-corrected chi connectivity index (χ4v) is 4.37. The van der Waals surface area contributed by atoms with E-state index in [2.05, 4.69) is 98.8 Å². The van der Waals surface area contributed by atoms with Gasteiger partial charge in [0.05, 0.1) is 14.2 Å². The van der Waals surface area contributed by atoms with E-state index >= 15 is 0 Å². The van der Waals surface area contributed by atoms with Gasteiger partial charge in [-0.1, -0.05) is 58.0 Å². The van der Waals surface area contributed by atoms with Gasteiger partial charge in [-0.15, -0.1) is 0 Å². The van der Waals surface area contributed by atoms with Crippen LogP contribution in [0.3, 0.4) is 0 Å². The molecule has 0 N–H and O–H groups in total. The Morgan fingerprint density at radius 1 is 0.690 bits per heavy atom. The molecule has 0 atom stereocenters. The number of benzene rings is 3. The zero-order chi connectivity index (χ0) is 21.1. The lowest BCUT2D eigenvalue weighted by Crippen LogP contribution is -2.02. The van der Waals surface area contributed by atoms with Crippen molar-refractivity contribution in [1.82, 2.24) is 0 Å². The van der Waals surface area contributed by atoms with Crippen molar-refractivity contribution in [3.05, 3.63) is 69.3 Å². The molecule has 3 heteroatoms. The number of methoxy groups -OCH3 is 2. The Morgan fingerprint density at radius 3 is 1.62 bits per heavy atom. The van der Waals surface area contributed by atoms with E-state index in [4.69, 9.17) is 9.47 Å². The van der Waals surface area contributed by atoms with Crippen molar-refractivity contribution in [2.24, 2.45) is 0 Å². The average Bonchev–Trinajstić information content (AvgIpc) is 2.72. The van der Waals surface area contributed by atoms with Crippen molar-refractivity contribution in [2.45, 2.75) is 39.5 Å². The monoisotopic (exact) mass is 500 g/mol. The third kappa shape index (κ3) is 4.61. The van der Waals surface area contributed by atoms with Crippen LogP contribution in [-0.4, -0.2) is 14.2 Å². The molecule has 0 unspecified atom stereocenters. The Balaban J connectivity index is 2.32. The standard InChI is InChI=1S/C26H29IO2/c1-16(2)23-13-19(18-11-20(28-5)15-21(12-18)29-6)14-24(17(3)4)26(23)22-9-7-8-10-25(22)27/h7-17H,1-6H3. The highest BCUT2D eigenvalue weighted by atomic mass is 127. The zero-order valence-corrected chi connectivity index (χ0v) is 20.2. The second kappa shape index (κ2) is 9.21. The van der Waals surface area contributed by atoms with Crippen LogP contribution in [0.5, 0.6) is 11.5 Å². The minimum Gasteiger partial charge on any atom is -0.497 e. The summed E-state index contributed by atoms with van der Waals surface area (Å²) in [6, 6.07) is 19.4. The SMILES string of the molecule is COc1cc(OC)cc(-c2cc(C(C)C)c(-c3ccccc3I)c(C(C)C)c2)c1. The molecule has 0 saturated heterocycles. The summed E-state index contributed by atoms with van der Waals surface area (Å²) in [6.45, 7) is 9.09. The van der Waals surface area contributed by atoms with Crippen LogP contribution >= 0.6 is 22.6 Å². The first kappa shape index (κ1) is 21.7. The maximum absolute atomic E-state index is 5.50. The van der Waals surface area contributed by atoms with Gasteiger partial charge in [0.2, 0.25) is 0 Å². The molecule has 0 saturated carbocycles. The molecule has 0 heterocycles. The highest BCUT2D eigenvalue weighted by Gasteiger charge is 2.20. The van der Waals surface area contributed by atoms with Gasteiger partial charge in [-0.2, -0.15) is 0 Å². The van der Waals surface area contributed by atoms with Gasteiger partial charge in [-0.25, -0.2) is 0 Å². The summed E-state index contributed by atoms with van der Waals surface area (Å²) in [6.07, 6.45) is 0. The first-order chi connectivity index (χ1) is 13.8. The van der Waals surface area contributed by atoms with Crippen LogP contribution in [-0.2, 0) is 0 Å². The fourth-order valence-electron chi connectivity index (χ4n) is 3.71. The third-order valence-corrected chi connectivity index (χ3v) is 6.21. The van der Waals surface area contributed by atoms with E-state index in [1.807, 2.05) is 6.07 Å². The molecule has 0 aromatic heterocycles. The van der Waals surface area contributed by atoms with Crippen LogP contribution in [0.15, 0.2) is 54.6 Å². The van der Waals surface area contributed by atoms with Crippen molar-refractivity contribution in [2.75, 3.05) is 14.2 Å². The van der Waals surface area contributed by atoms with Gasteiger partial charge in [0.25, 0.3) is 0 Å². The van der Waals surface area contributed by atoms with E-state index in [9.17, 15) is 0 Å². The van der Waals surface area contributed by atoms with Crippen LogP contribution in [0.2, 0.25) is 0 Å². The molecule has 0 aliphatic carbocycles. The van der Waals surface area contributed by atoms with Crippen molar-refractivity contribution in [3.8, 4) is 33.8 Å². The van der Waals surface area contributed by atoms with Crippen molar-refractivity contribution in [3.63, 3.8) is 0 Å². The van der Waals surface area contributed by atoms with Gasteiger partial charge >= 0.3 is 0 Å². The summed E-state index contributed by atoms with van der Waals surface area (Å²) in [7, 11) is 3.39. The van der Waals surface area contributed by atoms with E-state index in [1.54, 1.807) is 14.2 Å². The van der Waals surface area contributed by atoms with Gasteiger partial charge in [-0.05, 0) is 86.0 Å². The Morgan fingerprint density at radius 2 is 1.17 bits per heavy atom. The Bertz CT molecular complexity index is 954. The molecule has 3 aromatic rings. The Labute approximate surface area is 188 Å². The Hall–Kier alpha value is -2.01. The maximum atomic E-state index is 5.50. The highest BCUT2D eigenvalue weighted by Crippen LogP contribution is 2.42. The molecule has 0 amide bonds. The highest BCUT2D eigenvalue weighted by molar-refractivity contribution is 14.1. The molecule has 2 nitrogen and oxygen atoms in total. The summed E-state index contributed by atoms with van der Waals surface area (Å²) in [4.78, 5) is 0. The molecule has 0 radical (unpaired) electrons. The quantitative estimate of drug-likeness (QED) is 0.321. The normalized spacial score (nSPS) is 11.2. The summed E-state index contributed by atoms with van der Waals surface area (Å²) in [5, 5.41) is 0. The van der Waals surface area contributed by atoms with E-state index in [0.29, 0.717) is 11.8 Å². The number of halogens is 1. The first-order valence-electron chi connectivity index (χ1n) is 10.0. The minimum absolute atomic E-state index is 0.408. The molecule has 29 heavy (non-hydrogen) atoms. The largest absolute Gasteiger partial charge is 0.497 e. The molecule has 152 valence electrons. The molecule has 0 bridgehead atoms. The minimum atomic E-state index is 0.408. The number of hydrogen-bond acceptors (Lipinski definition) is 2. The van der Waals surface area contributed by atoms with Crippen molar-refractivity contribution >= 4 is 22.6 Å². The molecule has 0 aliphatic rings. The van der Waals surface area contributed by atoms with Crippen LogP contribution in [0.1, 0.15) is 50.7 Å². The number of hydrogen-bond donors (Lipinski definition) is 0. The lowest BCUT2D eigenvalue weighted by atomic mass is 9.82. The molecule has 0 fully saturated rings. The number of ether oxygens (including phenoxy) is 2. The average molecular weight is 500 g/mol. The van der Waals surface area contributed by atoms with Gasteiger partial charge in [0.15, 0.2) is 0 Å². The second-order valence-corrected chi connectivity index (χ2v) is 9.08. The molecule has 3 rings (SSSR count). The Kier molecular flexibility index (Phi) is 6.89. The fraction of sp³-hybridized carbons (Fsp3) is 0.308. The summed E-state index contributed by atoms with van der Waals surface area (Å²) < 4.78 is 12.3. The lowest BCUT2D eigenvalue weighted by molar-refractivity contribution is 0.394. The van der Waals surface area contributed by atoms with Gasteiger partial charge in [0.1, 0.15) is 11.5 Å². The van der Waals surface area contributed by atoms with Crippen molar-refractivity contribution in [1.29, 1.82) is 0 Å². The molecule has 0 spiro atoms. The van der Waals surface area contributed by atoms with Crippen molar-refractivity contribution < 1.29 is 9.47 Å². The van der Waals surface area contributed by atoms with E-state index in [0.717, 1.165) is 17.1 Å². The number of rotatable bonds is 6. The van der Waals surface area contributed by atoms with Crippen LogP contribution in [0, 0.1) is 3.57 Å². The predicted octanol–water partition coefficient (Wildman–Crippen LogP) is 7.89.